The summed E-state index contributed by atoms with van der Waals surface area (Å²) >= 11 is 0. The standard InChI is InChI=1S/C32H38F5N3O/c1-19-12-24-23-6-4-5-7-27(23)38-29(24)30(40(19)18-31(2,3)35)28-25(33)13-21(14-26(28)34)41-22-16-39(17-22)15-20-8-10-32(36,37)11-9-20/h4-7,13-14,19-20,22,30,38H,8-12,15-18H2,1-3H3/t19-,30-/m1/s1. The van der Waals surface area contributed by atoms with Gasteiger partial charge in [0.2, 0.25) is 5.92 Å². The number of alkyl halides is 3. The van der Waals surface area contributed by atoms with Gasteiger partial charge in [-0.25, -0.2) is 22.0 Å². The second kappa shape index (κ2) is 10.6. The highest BCUT2D eigenvalue weighted by atomic mass is 19.3. The van der Waals surface area contributed by atoms with Crippen LogP contribution in [0.4, 0.5) is 22.0 Å². The Balaban J connectivity index is 1.22. The molecule has 2 atom stereocenters. The molecular weight excluding hydrogens is 537 g/mol. The molecule has 1 aliphatic carbocycles. The van der Waals surface area contributed by atoms with Crippen molar-refractivity contribution >= 4 is 10.9 Å². The Hall–Kier alpha value is -2.65. The molecular formula is C32H38F5N3O. The number of H-pyrrole nitrogens is 1. The van der Waals surface area contributed by atoms with E-state index in [0.29, 0.717) is 38.0 Å². The third-order valence-corrected chi connectivity index (χ3v) is 8.98. The van der Waals surface area contributed by atoms with Gasteiger partial charge in [-0.3, -0.25) is 9.80 Å². The van der Waals surface area contributed by atoms with E-state index in [0.717, 1.165) is 23.0 Å². The van der Waals surface area contributed by atoms with Crippen LogP contribution in [0.1, 0.15) is 69.3 Å². The maximum Gasteiger partial charge on any atom is 0.248 e. The van der Waals surface area contributed by atoms with Gasteiger partial charge < -0.3 is 9.72 Å². The highest BCUT2D eigenvalue weighted by Crippen LogP contribution is 2.44. The van der Waals surface area contributed by atoms with E-state index in [4.69, 9.17) is 4.74 Å². The molecule has 3 aromatic rings. The number of aromatic nitrogens is 1. The van der Waals surface area contributed by atoms with E-state index in [1.807, 2.05) is 36.1 Å². The van der Waals surface area contributed by atoms with E-state index in [2.05, 4.69) is 9.88 Å². The Kier molecular flexibility index (Phi) is 7.34. The average molecular weight is 576 g/mol. The molecule has 9 heteroatoms. The van der Waals surface area contributed by atoms with Gasteiger partial charge in [-0.2, -0.15) is 0 Å². The first-order chi connectivity index (χ1) is 19.4. The number of hydrogen-bond donors (Lipinski definition) is 1. The number of ether oxygens (including phenoxy) is 1. The molecule has 0 unspecified atom stereocenters. The Bertz CT molecular complexity index is 1380. The highest BCUT2D eigenvalue weighted by molar-refractivity contribution is 5.85. The molecule has 1 saturated heterocycles. The minimum absolute atomic E-state index is 0.0152. The Morgan fingerprint density at radius 1 is 1.05 bits per heavy atom. The van der Waals surface area contributed by atoms with Crippen LogP contribution in [-0.4, -0.2) is 64.7 Å². The van der Waals surface area contributed by atoms with Gasteiger partial charge in [-0.1, -0.05) is 18.2 Å². The van der Waals surface area contributed by atoms with E-state index in [1.54, 1.807) is 0 Å². The number of nitrogens with zero attached hydrogens (tertiary/aromatic N) is 2. The zero-order valence-electron chi connectivity index (χ0n) is 23.8. The summed E-state index contributed by atoms with van der Waals surface area (Å²) in [4.78, 5) is 7.39. The summed E-state index contributed by atoms with van der Waals surface area (Å²) in [5.74, 6) is -3.64. The smallest absolute Gasteiger partial charge is 0.248 e. The van der Waals surface area contributed by atoms with Crippen molar-refractivity contribution in [2.24, 2.45) is 5.92 Å². The fraction of sp³-hybridized carbons (Fsp3) is 0.562. The number of halogens is 5. The topological polar surface area (TPSA) is 31.5 Å². The van der Waals surface area contributed by atoms with Gasteiger partial charge in [-0.05, 0) is 57.6 Å². The maximum atomic E-state index is 15.9. The molecule has 2 aromatic carbocycles. The molecule has 3 aliphatic rings. The van der Waals surface area contributed by atoms with E-state index < -0.39 is 29.3 Å². The Morgan fingerprint density at radius 3 is 2.37 bits per heavy atom. The molecule has 0 amide bonds. The molecule has 1 saturated carbocycles. The van der Waals surface area contributed by atoms with Crippen molar-refractivity contribution in [3.05, 3.63) is 64.9 Å². The lowest BCUT2D eigenvalue weighted by Gasteiger charge is -2.43. The van der Waals surface area contributed by atoms with Crippen LogP contribution in [0.2, 0.25) is 0 Å². The summed E-state index contributed by atoms with van der Waals surface area (Å²) in [6.07, 6.45) is 1.33. The summed E-state index contributed by atoms with van der Waals surface area (Å²) in [7, 11) is 0. The molecule has 2 aliphatic heterocycles. The average Bonchev–Trinajstić information content (AvgIpc) is 3.22. The molecule has 1 N–H and O–H groups in total. The minimum Gasteiger partial charge on any atom is -0.488 e. The molecule has 222 valence electrons. The molecule has 0 bridgehead atoms. The van der Waals surface area contributed by atoms with Gasteiger partial charge in [0.25, 0.3) is 0 Å². The van der Waals surface area contributed by atoms with Gasteiger partial charge in [-0.15, -0.1) is 0 Å². The van der Waals surface area contributed by atoms with Crippen LogP contribution in [0.15, 0.2) is 36.4 Å². The van der Waals surface area contributed by atoms with Crippen LogP contribution in [0.5, 0.6) is 5.75 Å². The van der Waals surface area contributed by atoms with Gasteiger partial charge in [0.1, 0.15) is 29.2 Å². The molecule has 3 heterocycles. The van der Waals surface area contributed by atoms with Crippen molar-refractivity contribution in [1.82, 2.24) is 14.8 Å². The molecule has 0 radical (unpaired) electrons. The summed E-state index contributed by atoms with van der Waals surface area (Å²) in [5, 5.41) is 1.01. The number of aromatic amines is 1. The third kappa shape index (κ3) is 5.85. The van der Waals surface area contributed by atoms with Crippen molar-refractivity contribution in [2.75, 3.05) is 26.2 Å². The lowest BCUT2D eigenvalue weighted by Crippen LogP contribution is -2.55. The fourth-order valence-corrected chi connectivity index (χ4v) is 6.98. The van der Waals surface area contributed by atoms with Gasteiger partial charge in [0, 0.05) is 79.4 Å². The Labute approximate surface area is 237 Å². The number of benzene rings is 2. The number of nitrogens with one attached hydrogen (secondary N) is 1. The van der Waals surface area contributed by atoms with Crippen molar-refractivity contribution in [3.63, 3.8) is 0 Å². The molecule has 2 fully saturated rings. The summed E-state index contributed by atoms with van der Waals surface area (Å²) in [6, 6.07) is 9.27. The summed E-state index contributed by atoms with van der Waals surface area (Å²) in [5.41, 5.74) is 0.885. The van der Waals surface area contributed by atoms with E-state index in [-0.39, 0.29) is 48.8 Å². The van der Waals surface area contributed by atoms with E-state index in [9.17, 15) is 13.2 Å². The van der Waals surface area contributed by atoms with E-state index in [1.165, 1.54) is 26.0 Å². The number of para-hydroxylation sites is 1. The number of rotatable bonds is 7. The first kappa shape index (κ1) is 28.5. The van der Waals surface area contributed by atoms with Crippen LogP contribution >= 0.6 is 0 Å². The zero-order valence-corrected chi connectivity index (χ0v) is 23.8. The second-order valence-electron chi connectivity index (χ2n) is 13.0. The van der Waals surface area contributed by atoms with Crippen LogP contribution in [0.3, 0.4) is 0 Å². The van der Waals surface area contributed by atoms with Crippen LogP contribution in [0.25, 0.3) is 10.9 Å². The van der Waals surface area contributed by atoms with Gasteiger partial charge >= 0.3 is 0 Å². The molecule has 4 nitrogen and oxygen atoms in total. The quantitative estimate of drug-likeness (QED) is 0.298. The first-order valence-electron chi connectivity index (χ1n) is 14.7. The number of likely N-dealkylation sites (tertiary alicyclic amines) is 1. The predicted octanol–water partition coefficient (Wildman–Crippen LogP) is 7.42. The van der Waals surface area contributed by atoms with Crippen LogP contribution in [0, 0.1) is 17.6 Å². The SMILES string of the molecule is C[C@@H]1Cc2c([nH]c3ccccc23)[C@@H](c2c(F)cc(OC3CN(CC4CCC(F)(F)CC4)C3)cc2F)N1CC(C)(C)F. The molecule has 6 rings (SSSR count). The van der Waals surface area contributed by atoms with Crippen molar-refractivity contribution in [1.29, 1.82) is 0 Å². The van der Waals surface area contributed by atoms with Crippen molar-refractivity contribution in [2.45, 2.75) is 82.7 Å². The minimum atomic E-state index is -2.54. The summed E-state index contributed by atoms with van der Waals surface area (Å²) < 4.78 is 79.6. The monoisotopic (exact) mass is 575 g/mol. The zero-order chi connectivity index (χ0) is 29.1. The molecule has 41 heavy (non-hydrogen) atoms. The normalized spacial score (nSPS) is 24.4. The third-order valence-electron chi connectivity index (χ3n) is 8.98. The summed E-state index contributed by atoms with van der Waals surface area (Å²) in [6.45, 7) is 6.87. The van der Waals surface area contributed by atoms with Crippen molar-refractivity contribution < 1.29 is 26.7 Å². The predicted molar refractivity (Wildman–Crippen MR) is 149 cm³/mol. The van der Waals surface area contributed by atoms with E-state index >= 15 is 8.78 Å². The highest BCUT2D eigenvalue weighted by Gasteiger charge is 2.42. The maximum absolute atomic E-state index is 15.9. The van der Waals surface area contributed by atoms with Crippen LogP contribution < -0.4 is 4.74 Å². The fourth-order valence-electron chi connectivity index (χ4n) is 6.98. The molecule has 1 aromatic heterocycles. The number of fused-ring (bicyclic) bond motifs is 3. The lowest BCUT2D eigenvalue weighted by atomic mass is 9.86. The Morgan fingerprint density at radius 2 is 1.71 bits per heavy atom. The number of hydrogen-bond acceptors (Lipinski definition) is 3. The van der Waals surface area contributed by atoms with Gasteiger partial charge in [0.15, 0.2) is 0 Å². The van der Waals surface area contributed by atoms with Gasteiger partial charge in [0.05, 0.1) is 6.04 Å². The first-order valence-corrected chi connectivity index (χ1v) is 14.7. The molecule has 0 spiro atoms. The van der Waals surface area contributed by atoms with Crippen LogP contribution in [-0.2, 0) is 6.42 Å². The largest absolute Gasteiger partial charge is 0.488 e. The van der Waals surface area contributed by atoms with Crippen molar-refractivity contribution in [3.8, 4) is 5.75 Å². The second-order valence-corrected chi connectivity index (χ2v) is 13.0. The lowest BCUT2D eigenvalue weighted by molar-refractivity contribution is -0.0571.